The van der Waals surface area contributed by atoms with Crippen LogP contribution in [0.1, 0.15) is 31.6 Å². The highest BCUT2D eigenvalue weighted by Crippen LogP contribution is 2.48. The molecule has 1 fully saturated rings. The number of hydrogen-bond donors (Lipinski definition) is 1. The predicted octanol–water partition coefficient (Wildman–Crippen LogP) is 0.849. The lowest BCUT2D eigenvalue weighted by molar-refractivity contribution is 0.500. The van der Waals surface area contributed by atoms with Gasteiger partial charge in [-0.2, -0.15) is 11.8 Å². The molecule has 1 aromatic heterocycles. The van der Waals surface area contributed by atoms with Crippen molar-refractivity contribution in [1.29, 1.82) is 0 Å². The highest BCUT2D eigenvalue weighted by atomic mass is 32.2. The standard InChI is InChI=1S/C9H17N5S/c1-7(10-2)8-11-12-13-14(8)6-9(15-3)4-5-9/h7,10H,4-6H2,1-3H3. The predicted molar refractivity (Wildman–Crippen MR) is 60.8 cm³/mol. The van der Waals surface area contributed by atoms with Crippen molar-refractivity contribution in [3.05, 3.63) is 5.82 Å². The first-order valence-corrected chi connectivity index (χ1v) is 6.42. The summed E-state index contributed by atoms with van der Waals surface area (Å²) < 4.78 is 2.34. The summed E-state index contributed by atoms with van der Waals surface area (Å²) >= 11 is 1.93. The molecule has 0 spiro atoms. The fraction of sp³-hybridized carbons (Fsp3) is 0.889. The molecule has 1 atom stereocenters. The van der Waals surface area contributed by atoms with Gasteiger partial charge in [0.25, 0.3) is 0 Å². The maximum absolute atomic E-state index is 4.06. The molecule has 1 aromatic rings. The highest BCUT2D eigenvalue weighted by molar-refractivity contribution is 8.00. The van der Waals surface area contributed by atoms with Crippen molar-refractivity contribution in [3.8, 4) is 0 Å². The van der Waals surface area contributed by atoms with Gasteiger partial charge in [0.2, 0.25) is 0 Å². The van der Waals surface area contributed by atoms with Gasteiger partial charge in [-0.1, -0.05) is 0 Å². The van der Waals surface area contributed by atoms with Crippen LogP contribution in [0.5, 0.6) is 0 Å². The van der Waals surface area contributed by atoms with Gasteiger partial charge in [0.05, 0.1) is 12.6 Å². The molecule has 5 nitrogen and oxygen atoms in total. The molecule has 1 aliphatic rings. The monoisotopic (exact) mass is 227 g/mol. The summed E-state index contributed by atoms with van der Waals surface area (Å²) in [6.45, 7) is 3.00. The van der Waals surface area contributed by atoms with Crippen molar-refractivity contribution in [3.63, 3.8) is 0 Å². The minimum Gasteiger partial charge on any atom is -0.311 e. The second-order valence-electron chi connectivity index (χ2n) is 4.09. The Bertz CT molecular complexity index is 333. The van der Waals surface area contributed by atoms with E-state index in [1.54, 1.807) is 0 Å². The van der Waals surface area contributed by atoms with Crippen LogP contribution in [0.3, 0.4) is 0 Å². The fourth-order valence-electron chi connectivity index (χ4n) is 1.60. The Morgan fingerprint density at radius 3 is 2.87 bits per heavy atom. The summed E-state index contributed by atoms with van der Waals surface area (Å²) in [5, 5.41) is 15.0. The molecule has 1 aliphatic carbocycles. The first-order chi connectivity index (χ1) is 7.21. The van der Waals surface area contributed by atoms with Crippen LogP contribution < -0.4 is 5.32 Å². The lowest BCUT2D eigenvalue weighted by atomic mass is 10.3. The van der Waals surface area contributed by atoms with Gasteiger partial charge < -0.3 is 5.32 Å². The van der Waals surface area contributed by atoms with E-state index in [2.05, 4.69) is 34.0 Å². The van der Waals surface area contributed by atoms with Crippen LogP contribution in [0.4, 0.5) is 0 Å². The Kier molecular flexibility index (Phi) is 2.97. The molecule has 0 aromatic carbocycles. The van der Waals surface area contributed by atoms with Crippen LogP contribution >= 0.6 is 11.8 Å². The van der Waals surface area contributed by atoms with Crippen LogP contribution in [0.25, 0.3) is 0 Å². The SMILES string of the molecule is CNC(C)c1nnnn1CC1(SC)CC1. The molecule has 2 rings (SSSR count). The van der Waals surface area contributed by atoms with Crippen LogP contribution in [0.2, 0.25) is 0 Å². The highest BCUT2D eigenvalue weighted by Gasteiger charge is 2.43. The van der Waals surface area contributed by atoms with Gasteiger partial charge in [-0.25, -0.2) is 4.68 Å². The van der Waals surface area contributed by atoms with E-state index in [4.69, 9.17) is 0 Å². The van der Waals surface area contributed by atoms with E-state index >= 15 is 0 Å². The topological polar surface area (TPSA) is 55.6 Å². The van der Waals surface area contributed by atoms with Gasteiger partial charge in [-0.05, 0) is 43.5 Å². The number of rotatable bonds is 5. The van der Waals surface area contributed by atoms with Crippen molar-refractivity contribution in [1.82, 2.24) is 25.5 Å². The van der Waals surface area contributed by atoms with Gasteiger partial charge >= 0.3 is 0 Å². The van der Waals surface area contributed by atoms with E-state index in [0.717, 1.165) is 12.4 Å². The lowest BCUT2D eigenvalue weighted by Gasteiger charge is -2.15. The molecular formula is C9H17N5S. The number of aromatic nitrogens is 4. The van der Waals surface area contributed by atoms with Gasteiger partial charge in [0, 0.05) is 4.75 Å². The van der Waals surface area contributed by atoms with Crippen LogP contribution in [0, 0.1) is 0 Å². The lowest BCUT2D eigenvalue weighted by Crippen LogP contribution is -2.22. The summed E-state index contributed by atoms with van der Waals surface area (Å²) in [5.74, 6) is 0.929. The van der Waals surface area contributed by atoms with E-state index in [1.165, 1.54) is 12.8 Å². The molecule has 15 heavy (non-hydrogen) atoms. The molecule has 0 bridgehead atoms. The molecular weight excluding hydrogens is 210 g/mol. The van der Waals surface area contributed by atoms with Crippen LogP contribution in [-0.2, 0) is 6.54 Å². The molecule has 1 N–H and O–H groups in total. The Labute approximate surface area is 94.0 Å². The second kappa shape index (κ2) is 4.09. The Morgan fingerprint density at radius 1 is 1.60 bits per heavy atom. The summed E-state index contributed by atoms with van der Waals surface area (Å²) in [6.07, 6.45) is 4.72. The second-order valence-corrected chi connectivity index (χ2v) is 5.37. The van der Waals surface area contributed by atoms with E-state index < -0.39 is 0 Å². The third kappa shape index (κ3) is 2.15. The number of tetrazole rings is 1. The smallest absolute Gasteiger partial charge is 0.167 e. The van der Waals surface area contributed by atoms with Gasteiger partial charge in [0.1, 0.15) is 0 Å². The average Bonchev–Trinajstić information content (AvgIpc) is 2.88. The maximum Gasteiger partial charge on any atom is 0.167 e. The third-order valence-electron chi connectivity index (χ3n) is 3.06. The number of nitrogens with zero attached hydrogens (tertiary/aromatic N) is 4. The van der Waals surface area contributed by atoms with Crippen molar-refractivity contribution >= 4 is 11.8 Å². The quantitative estimate of drug-likeness (QED) is 0.808. The maximum atomic E-state index is 4.06. The summed E-state index contributed by atoms with van der Waals surface area (Å²) in [5.41, 5.74) is 0. The van der Waals surface area contributed by atoms with Crippen molar-refractivity contribution in [2.75, 3.05) is 13.3 Å². The largest absolute Gasteiger partial charge is 0.311 e. The van der Waals surface area contributed by atoms with Crippen LogP contribution in [0.15, 0.2) is 0 Å². The minimum absolute atomic E-state index is 0.206. The number of hydrogen-bond acceptors (Lipinski definition) is 5. The molecule has 0 saturated heterocycles. The molecule has 0 aliphatic heterocycles. The third-order valence-corrected chi connectivity index (χ3v) is 4.46. The normalized spacial score (nSPS) is 20.2. The molecule has 0 amide bonds. The Hall–Kier alpha value is -0.620. The Balaban J connectivity index is 2.11. The summed E-state index contributed by atoms with van der Waals surface area (Å²) in [7, 11) is 1.92. The van der Waals surface area contributed by atoms with Crippen molar-refractivity contribution < 1.29 is 0 Å². The van der Waals surface area contributed by atoms with Crippen molar-refractivity contribution in [2.24, 2.45) is 0 Å². The summed E-state index contributed by atoms with van der Waals surface area (Å²) in [4.78, 5) is 0. The van der Waals surface area contributed by atoms with Gasteiger partial charge in [-0.15, -0.1) is 5.10 Å². The molecule has 84 valence electrons. The van der Waals surface area contributed by atoms with E-state index in [-0.39, 0.29) is 6.04 Å². The van der Waals surface area contributed by atoms with E-state index in [1.807, 2.05) is 23.5 Å². The zero-order valence-corrected chi connectivity index (χ0v) is 10.2. The number of nitrogens with one attached hydrogen (secondary N) is 1. The van der Waals surface area contributed by atoms with Gasteiger partial charge in [0.15, 0.2) is 5.82 Å². The minimum atomic E-state index is 0.206. The number of thioether (sulfide) groups is 1. The molecule has 1 unspecified atom stereocenters. The molecule has 1 heterocycles. The van der Waals surface area contributed by atoms with Crippen molar-refractivity contribution in [2.45, 2.75) is 37.1 Å². The van der Waals surface area contributed by atoms with E-state index in [0.29, 0.717) is 4.75 Å². The summed E-state index contributed by atoms with van der Waals surface area (Å²) in [6, 6.07) is 0.206. The van der Waals surface area contributed by atoms with Crippen LogP contribution in [-0.4, -0.2) is 38.3 Å². The Morgan fingerprint density at radius 2 is 2.33 bits per heavy atom. The van der Waals surface area contributed by atoms with E-state index in [9.17, 15) is 0 Å². The fourth-order valence-corrected chi connectivity index (χ4v) is 2.36. The zero-order chi connectivity index (χ0) is 10.9. The molecule has 0 radical (unpaired) electrons. The first-order valence-electron chi connectivity index (χ1n) is 5.19. The molecule has 1 saturated carbocycles. The zero-order valence-electron chi connectivity index (χ0n) is 9.40. The van der Waals surface area contributed by atoms with Gasteiger partial charge in [-0.3, -0.25) is 0 Å². The molecule has 6 heteroatoms. The average molecular weight is 227 g/mol. The first kappa shape index (κ1) is 10.9.